The fourth-order valence-electron chi connectivity index (χ4n) is 0. The normalized spacial score (nSPS) is 4.74. The standard InChI is InChI=1S/3C2H6N2.3ClH.Co.3H2O/c3*3-1-2-4;;;;;;;/h3*3-4H,1-2H2;3*1H;;3*1H2/q3*-2;;;;+3;;;/p-3. The smallest absolute Gasteiger partial charge is 1.00 e. The summed E-state index contributed by atoms with van der Waals surface area (Å²) in [5.74, 6) is 0. The van der Waals surface area contributed by atoms with E-state index in [4.69, 9.17) is 34.4 Å². The molecule has 0 aromatic heterocycles. The minimum Gasteiger partial charge on any atom is -1.00 e. The van der Waals surface area contributed by atoms with Crippen LogP contribution in [-0.4, -0.2) is 55.7 Å². The molecule has 0 heterocycles. The van der Waals surface area contributed by atoms with Gasteiger partial charge < -0.3 is 88.1 Å². The van der Waals surface area contributed by atoms with E-state index < -0.39 is 0 Å². The van der Waals surface area contributed by atoms with Crippen molar-refractivity contribution >= 4 is 0 Å². The molecule has 0 aliphatic rings. The van der Waals surface area contributed by atoms with Crippen molar-refractivity contribution in [1.29, 1.82) is 0 Å². The molecule has 0 saturated heterocycles. The van der Waals surface area contributed by atoms with Crippen molar-refractivity contribution in [2.75, 3.05) is 39.3 Å². The van der Waals surface area contributed by atoms with Gasteiger partial charge >= 0.3 is 16.8 Å². The van der Waals surface area contributed by atoms with E-state index >= 15 is 0 Å². The van der Waals surface area contributed by atoms with E-state index in [9.17, 15) is 0 Å². The molecule has 0 aliphatic carbocycles. The SMILES string of the molecule is O.O.O.[Cl-].[Cl-].[Cl-].[Co+3].[NH-]CC[NH-].[NH-]CC[NH-].[NH-]CC[NH-]. The van der Waals surface area contributed by atoms with E-state index in [0.29, 0.717) is 0 Å². The van der Waals surface area contributed by atoms with Gasteiger partial charge in [0, 0.05) is 0 Å². The largest absolute Gasteiger partial charge is 3.00 e. The molecule has 0 spiro atoms. The zero-order valence-corrected chi connectivity index (χ0v) is 13.5. The van der Waals surface area contributed by atoms with Gasteiger partial charge in [-0.05, 0) is 0 Å². The van der Waals surface area contributed by atoms with Crippen LogP contribution in [0.3, 0.4) is 0 Å². The molecule has 0 radical (unpaired) electrons. The maximum absolute atomic E-state index is 6.26. The van der Waals surface area contributed by atoms with Gasteiger partial charge in [0.1, 0.15) is 0 Å². The Kier molecular flexibility index (Phi) is 476. The Bertz CT molecular complexity index is 55.7. The summed E-state index contributed by atoms with van der Waals surface area (Å²) in [6, 6.07) is 0. The van der Waals surface area contributed by atoms with Crippen molar-refractivity contribution in [3.8, 4) is 0 Å². The summed E-state index contributed by atoms with van der Waals surface area (Å²) >= 11 is 0. The summed E-state index contributed by atoms with van der Waals surface area (Å²) < 4.78 is 0. The van der Waals surface area contributed by atoms with Gasteiger partial charge in [0.05, 0.1) is 0 Å². The molecule has 0 atom stereocenters. The second-order valence-electron chi connectivity index (χ2n) is 1.50. The third-order valence-corrected chi connectivity index (χ3v) is 0.375. The number of rotatable bonds is 3. The quantitative estimate of drug-likeness (QED) is 0.434. The maximum atomic E-state index is 6.26. The van der Waals surface area contributed by atoms with Crippen LogP contribution in [-0.2, 0) is 16.8 Å². The van der Waals surface area contributed by atoms with Crippen molar-refractivity contribution in [2.24, 2.45) is 0 Å². The van der Waals surface area contributed by atoms with Crippen molar-refractivity contribution in [2.45, 2.75) is 0 Å². The second kappa shape index (κ2) is 125. The van der Waals surface area contributed by atoms with Crippen LogP contribution in [0.25, 0.3) is 34.4 Å². The predicted molar refractivity (Wildman–Crippen MR) is 66.0 cm³/mol. The molecular weight excluding hydrogens is 369 g/mol. The summed E-state index contributed by atoms with van der Waals surface area (Å²) in [6.07, 6.45) is 0. The molecule has 9 nitrogen and oxygen atoms in total. The average Bonchev–Trinajstić information content (AvgIpc) is 2.18. The first-order valence-electron chi connectivity index (χ1n) is 3.62. The first-order chi connectivity index (χ1) is 5.74. The zero-order valence-electron chi connectivity index (χ0n) is 10.2. The van der Waals surface area contributed by atoms with Crippen molar-refractivity contribution < 1.29 is 70.4 Å². The van der Waals surface area contributed by atoms with Crippen LogP contribution in [0.2, 0.25) is 0 Å². The number of halogens is 3. The summed E-state index contributed by atoms with van der Waals surface area (Å²) in [5, 5.41) is 0. The summed E-state index contributed by atoms with van der Waals surface area (Å²) in [4.78, 5) is 0. The van der Waals surface area contributed by atoms with Crippen LogP contribution in [0.15, 0.2) is 0 Å². The Hall–Kier alpha value is 1.02. The van der Waals surface area contributed by atoms with E-state index in [1.54, 1.807) is 0 Å². The Morgan fingerprint density at radius 1 is 0.368 bits per heavy atom. The molecule has 132 valence electrons. The number of hydrogen-bond donors (Lipinski definition) is 0. The minimum atomic E-state index is 0. The molecule has 0 aliphatic heterocycles. The molecule has 13 heteroatoms. The summed E-state index contributed by atoms with van der Waals surface area (Å²) in [5.41, 5.74) is 37.6. The molecule has 0 aromatic carbocycles. The van der Waals surface area contributed by atoms with Gasteiger partial charge in [0.25, 0.3) is 0 Å². The van der Waals surface area contributed by atoms with E-state index in [2.05, 4.69) is 0 Å². The van der Waals surface area contributed by atoms with Gasteiger partial charge in [-0.2, -0.15) is 39.3 Å². The van der Waals surface area contributed by atoms with Gasteiger partial charge in [-0.3, -0.25) is 0 Å². The van der Waals surface area contributed by atoms with Crippen LogP contribution < -0.4 is 37.2 Å². The average molecular weight is 394 g/mol. The first kappa shape index (κ1) is 72.1. The van der Waals surface area contributed by atoms with Crippen molar-refractivity contribution in [3.63, 3.8) is 0 Å². The molecule has 19 heavy (non-hydrogen) atoms. The maximum Gasteiger partial charge on any atom is 3.00 e. The molecule has 0 rings (SSSR count). The molecule has 0 saturated carbocycles. The molecule has 0 bridgehead atoms. The molecule has 0 amide bonds. The predicted octanol–water partition coefficient (Wildman–Crippen LogP) is -8.19. The Morgan fingerprint density at radius 2 is 0.421 bits per heavy atom. The molecule has 0 unspecified atom stereocenters. The zero-order chi connectivity index (χ0) is 10.2. The molecule has 12 N–H and O–H groups in total. The molecule has 0 aromatic rings. The van der Waals surface area contributed by atoms with Crippen LogP contribution in [0.4, 0.5) is 0 Å². The molecule has 0 fully saturated rings. The Balaban J connectivity index is -0.00000000675. The van der Waals surface area contributed by atoms with Crippen molar-refractivity contribution in [1.82, 2.24) is 0 Å². The van der Waals surface area contributed by atoms with Crippen LogP contribution in [0, 0.1) is 0 Å². The van der Waals surface area contributed by atoms with Gasteiger partial charge in [-0.15, -0.1) is 0 Å². The first-order valence-corrected chi connectivity index (χ1v) is 3.62. The van der Waals surface area contributed by atoms with Gasteiger partial charge in [-0.1, -0.05) is 0 Å². The topological polar surface area (TPSA) is 237 Å². The monoisotopic (exact) mass is 392 g/mol. The Morgan fingerprint density at radius 3 is 0.421 bits per heavy atom. The Labute approximate surface area is 144 Å². The minimum absolute atomic E-state index is 0. The van der Waals surface area contributed by atoms with Crippen LogP contribution in [0.1, 0.15) is 0 Å². The fraction of sp³-hybridized carbons (Fsp3) is 1.00. The van der Waals surface area contributed by atoms with E-state index in [1.807, 2.05) is 0 Å². The van der Waals surface area contributed by atoms with E-state index in [1.165, 1.54) is 0 Å². The number of hydrogen-bond acceptors (Lipinski definition) is 0. The van der Waals surface area contributed by atoms with Crippen molar-refractivity contribution in [3.05, 3.63) is 34.4 Å². The van der Waals surface area contributed by atoms with Gasteiger partial charge in [0.2, 0.25) is 0 Å². The van der Waals surface area contributed by atoms with E-state index in [0.717, 1.165) is 0 Å². The van der Waals surface area contributed by atoms with Gasteiger partial charge in [-0.25, -0.2) is 0 Å². The summed E-state index contributed by atoms with van der Waals surface area (Å²) in [6.45, 7) is 1.42. The number of nitrogens with one attached hydrogen (secondary N) is 6. The van der Waals surface area contributed by atoms with Crippen LogP contribution >= 0.6 is 0 Å². The third-order valence-electron chi connectivity index (χ3n) is 0.375. The molecular formula is C6H24Cl3CoN6O3-6. The second-order valence-corrected chi connectivity index (χ2v) is 1.50. The van der Waals surface area contributed by atoms with Gasteiger partial charge in [0.15, 0.2) is 0 Å². The summed E-state index contributed by atoms with van der Waals surface area (Å²) in [7, 11) is 0. The van der Waals surface area contributed by atoms with Crippen LogP contribution in [0.5, 0.6) is 0 Å². The fourth-order valence-corrected chi connectivity index (χ4v) is 0. The third kappa shape index (κ3) is 341. The van der Waals surface area contributed by atoms with E-state index in [-0.39, 0.29) is 110 Å².